The summed E-state index contributed by atoms with van der Waals surface area (Å²) in [5, 5.41) is 1.09. The third-order valence-corrected chi connectivity index (χ3v) is 3.86. The lowest BCUT2D eigenvalue weighted by molar-refractivity contribution is 0.652. The van der Waals surface area contributed by atoms with Crippen molar-refractivity contribution < 1.29 is 4.42 Å². The van der Waals surface area contributed by atoms with Crippen LogP contribution < -0.4 is 0 Å². The molecule has 0 fully saturated rings. The summed E-state index contributed by atoms with van der Waals surface area (Å²) in [4.78, 5) is 17.8. The number of fused-ring (bicyclic) bond motifs is 4. The lowest BCUT2D eigenvalue weighted by atomic mass is 10.1. The number of benzene rings is 1. The maximum Gasteiger partial charge on any atom is 0.247 e. The minimum atomic E-state index is 0.503. The molecular formula is C18H10N4O. The predicted molar refractivity (Wildman–Crippen MR) is 87.8 cm³/mol. The van der Waals surface area contributed by atoms with Crippen LogP contribution in [-0.4, -0.2) is 19.9 Å². The number of para-hydroxylation sites is 1. The van der Waals surface area contributed by atoms with Gasteiger partial charge in [0, 0.05) is 29.5 Å². The van der Waals surface area contributed by atoms with Crippen molar-refractivity contribution in [2.75, 3.05) is 0 Å². The van der Waals surface area contributed by atoms with Crippen LogP contribution in [0, 0.1) is 0 Å². The first kappa shape index (κ1) is 12.2. The van der Waals surface area contributed by atoms with Crippen LogP contribution >= 0.6 is 0 Å². The van der Waals surface area contributed by atoms with Gasteiger partial charge in [-0.05, 0) is 18.2 Å². The number of rotatable bonds is 1. The van der Waals surface area contributed by atoms with E-state index in [0.29, 0.717) is 16.8 Å². The zero-order valence-electron chi connectivity index (χ0n) is 12.0. The third-order valence-electron chi connectivity index (χ3n) is 3.86. The van der Waals surface area contributed by atoms with Crippen molar-refractivity contribution in [3.8, 4) is 11.3 Å². The molecule has 5 heteroatoms. The summed E-state index contributed by atoms with van der Waals surface area (Å²) in [7, 11) is 0. The first-order valence-corrected chi connectivity index (χ1v) is 7.24. The largest absolute Gasteiger partial charge is 0.435 e. The van der Waals surface area contributed by atoms with Crippen LogP contribution in [0.25, 0.3) is 44.5 Å². The highest BCUT2D eigenvalue weighted by molar-refractivity contribution is 6.00. The average Bonchev–Trinajstić information content (AvgIpc) is 2.99. The molecule has 108 valence electrons. The Hall–Kier alpha value is -3.34. The highest BCUT2D eigenvalue weighted by Crippen LogP contribution is 2.30. The fraction of sp³-hybridized carbons (Fsp3) is 0. The van der Waals surface area contributed by atoms with Crippen LogP contribution in [0.1, 0.15) is 0 Å². The Balaban J connectivity index is 1.84. The number of furan rings is 1. The third kappa shape index (κ3) is 1.80. The molecule has 23 heavy (non-hydrogen) atoms. The van der Waals surface area contributed by atoms with Gasteiger partial charge in [-0.15, -0.1) is 0 Å². The Bertz CT molecular complexity index is 1170. The predicted octanol–water partition coefficient (Wildman–Crippen LogP) is 3.99. The van der Waals surface area contributed by atoms with Crippen molar-refractivity contribution in [3.05, 3.63) is 61.1 Å². The van der Waals surface area contributed by atoms with Crippen molar-refractivity contribution >= 4 is 33.2 Å². The Kier molecular flexibility index (Phi) is 2.43. The van der Waals surface area contributed by atoms with E-state index in [0.717, 1.165) is 27.7 Å². The fourth-order valence-electron chi connectivity index (χ4n) is 2.83. The molecule has 5 rings (SSSR count). The Morgan fingerprint density at radius 1 is 0.696 bits per heavy atom. The van der Waals surface area contributed by atoms with Gasteiger partial charge in [0.2, 0.25) is 5.71 Å². The maximum atomic E-state index is 5.68. The van der Waals surface area contributed by atoms with Crippen LogP contribution in [-0.2, 0) is 0 Å². The molecule has 0 atom stereocenters. The number of hydrogen-bond donors (Lipinski definition) is 0. The van der Waals surface area contributed by atoms with E-state index >= 15 is 0 Å². The molecule has 0 saturated heterocycles. The zero-order valence-corrected chi connectivity index (χ0v) is 12.0. The highest BCUT2D eigenvalue weighted by atomic mass is 16.3. The van der Waals surface area contributed by atoms with Gasteiger partial charge in [0.15, 0.2) is 11.1 Å². The van der Waals surface area contributed by atoms with E-state index in [1.54, 1.807) is 18.6 Å². The molecule has 4 heterocycles. The quantitative estimate of drug-likeness (QED) is 0.468. The number of hydrogen-bond acceptors (Lipinski definition) is 5. The average molecular weight is 298 g/mol. The van der Waals surface area contributed by atoms with Gasteiger partial charge in [-0.1, -0.05) is 24.3 Å². The van der Waals surface area contributed by atoms with E-state index in [1.165, 1.54) is 0 Å². The van der Waals surface area contributed by atoms with Gasteiger partial charge in [0.1, 0.15) is 5.52 Å². The van der Waals surface area contributed by atoms with Crippen molar-refractivity contribution in [3.63, 3.8) is 0 Å². The molecule has 0 N–H and O–H groups in total. The van der Waals surface area contributed by atoms with Crippen LogP contribution in [0.2, 0.25) is 0 Å². The minimum absolute atomic E-state index is 0.503. The normalized spacial score (nSPS) is 11.5. The Morgan fingerprint density at radius 3 is 2.57 bits per heavy atom. The van der Waals surface area contributed by atoms with Crippen LogP contribution in [0.4, 0.5) is 0 Å². The molecule has 0 unspecified atom stereocenters. The molecule has 0 aliphatic rings. The lowest BCUT2D eigenvalue weighted by Gasteiger charge is -2.04. The molecule has 0 radical (unpaired) electrons. The first-order valence-electron chi connectivity index (χ1n) is 7.24. The van der Waals surface area contributed by atoms with Gasteiger partial charge in [-0.25, -0.2) is 15.0 Å². The van der Waals surface area contributed by atoms with Crippen molar-refractivity contribution in [2.24, 2.45) is 0 Å². The Labute approximate surface area is 130 Å². The number of nitrogens with zero attached hydrogens (tertiary/aromatic N) is 4. The SMILES string of the molecule is c1cnc2c(-c3ccc4oc5nccnc5c4n3)cccc2c1. The number of pyridine rings is 2. The molecule has 0 amide bonds. The van der Waals surface area contributed by atoms with E-state index in [2.05, 4.69) is 15.0 Å². The Morgan fingerprint density at radius 2 is 1.57 bits per heavy atom. The molecule has 1 aromatic carbocycles. The smallest absolute Gasteiger partial charge is 0.247 e. The first-order chi connectivity index (χ1) is 11.4. The molecule has 0 aliphatic heterocycles. The van der Waals surface area contributed by atoms with Gasteiger partial charge in [-0.3, -0.25) is 4.98 Å². The van der Waals surface area contributed by atoms with Crippen molar-refractivity contribution in [2.45, 2.75) is 0 Å². The second-order valence-corrected chi connectivity index (χ2v) is 5.24. The van der Waals surface area contributed by atoms with Gasteiger partial charge in [-0.2, -0.15) is 0 Å². The standard InChI is InChI=1S/C18H10N4O/c1-3-11-4-2-8-19-15(11)12(5-1)13-6-7-14-16(22-13)17-18(23-14)21-10-9-20-17/h1-10H. The highest BCUT2D eigenvalue weighted by Gasteiger charge is 2.13. The van der Waals surface area contributed by atoms with Crippen molar-refractivity contribution in [1.82, 2.24) is 19.9 Å². The van der Waals surface area contributed by atoms with E-state index in [4.69, 9.17) is 9.40 Å². The summed E-state index contributed by atoms with van der Waals surface area (Å²) in [6.07, 6.45) is 5.05. The molecule has 4 aromatic heterocycles. The summed E-state index contributed by atoms with van der Waals surface area (Å²) < 4.78 is 5.68. The minimum Gasteiger partial charge on any atom is -0.435 e. The molecule has 0 saturated carbocycles. The summed E-state index contributed by atoms with van der Waals surface area (Å²) in [5.41, 5.74) is 5.35. The van der Waals surface area contributed by atoms with Gasteiger partial charge in [0.25, 0.3) is 0 Å². The zero-order chi connectivity index (χ0) is 15.2. The van der Waals surface area contributed by atoms with Gasteiger partial charge in [0.05, 0.1) is 11.2 Å². The fourth-order valence-corrected chi connectivity index (χ4v) is 2.83. The van der Waals surface area contributed by atoms with Crippen LogP contribution in [0.15, 0.2) is 65.5 Å². The van der Waals surface area contributed by atoms with Crippen LogP contribution in [0.3, 0.4) is 0 Å². The second-order valence-electron chi connectivity index (χ2n) is 5.24. The molecule has 0 aliphatic carbocycles. The van der Waals surface area contributed by atoms with Crippen LogP contribution in [0.5, 0.6) is 0 Å². The van der Waals surface area contributed by atoms with E-state index in [1.807, 2.05) is 42.5 Å². The van der Waals surface area contributed by atoms with Gasteiger partial charge >= 0.3 is 0 Å². The molecular weight excluding hydrogens is 288 g/mol. The monoisotopic (exact) mass is 298 g/mol. The maximum absolute atomic E-state index is 5.68. The summed E-state index contributed by atoms with van der Waals surface area (Å²) in [6.45, 7) is 0. The molecule has 5 nitrogen and oxygen atoms in total. The van der Waals surface area contributed by atoms with E-state index in [-0.39, 0.29) is 0 Å². The second kappa shape index (κ2) is 4.58. The summed E-state index contributed by atoms with van der Waals surface area (Å²) >= 11 is 0. The molecule has 5 aromatic rings. The molecule has 0 bridgehead atoms. The van der Waals surface area contributed by atoms with Gasteiger partial charge < -0.3 is 4.42 Å². The molecule has 0 spiro atoms. The summed E-state index contributed by atoms with van der Waals surface area (Å²) in [5.74, 6) is 0. The van der Waals surface area contributed by atoms with Crippen molar-refractivity contribution in [1.29, 1.82) is 0 Å². The topological polar surface area (TPSA) is 64.7 Å². The number of aromatic nitrogens is 4. The lowest BCUT2D eigenvalue weighted by Crippen LogP contribution is -1.88. The summed E-state index contributed by atoms with van der Waals surface area (Å²) in [6, 6.07) is 13.9. The van der Waals surface area contributed by atoms with E-state index < -0.39 is 0 Å². The van der Waals surface area contributed by atoms with E-state index in [9.17, 15) is 0 Å².